The van der Waals surface area contributed by atoms with Crippen LogP contribution in [0.5, 0.6) is 0 Å². The Bertz CT molecular complexity index is 1740. The molecule has 0 saturated carbocycles. The summed E-state index contributed by atoms with van der Waals surface area (Å²) in [5.74, 6) is -0.805. The number of rotatable bonds is 12. The Hall–Kier alpha value is -2.31. The number of hydrogen-bond acceptors (Lipinski definition) is 7. The molecule has 0 amide bonds. The van der Waals surface area contributed by atoms with E-state index in [1.807, 2.05) is 78.9 Å². The minimum Gasteiger partial charge on any atom is -0.748 e. The second kappa shape index (κ2) is 14.4. The Balaban J connectivity index is 0.00000529. The fraction of sp³-hybridized carbons (Fsp3) is 0.364. The summed E-state index contributed by atoms with van der Waals surface area (Å²) in [5, 5.41) is 0. The van der Waals surface area contributed by atoms with Gasteiger partial charge in [0.25, 0.3) is 0 Å². The number of anilines is 1. The monoisotopic (exact) mass is 646 g/mol. The third-order valence-electron chi connectivity index (χ3n) is 8.10. The van der Waals surface area contributed by atoms with Crippen LogP contribution in [0.15, 0.2) is 96.8 Å². The van der Waals surface area contributed by atoms with E-state index in [4.69, 9.17) is 0 Å². The zero-order chi connectivity index (χ0) is 31.5. The zero-order valence-corrected chi connectivity index (χ0v) is 29.7. The SMILES string of the molecule is CC1(C)C(/C=C/C=C/C=C/C=C2\N(CCCS(=O)(=O)[O-])c3ccccc3C2(C)C)=[N+](CCCS(=O)(=O)[O-])c2ccccc21.[Na+]. The van der Waals surface area contributed by atoms with Crippen LogP contribution in [0.25, 0.3) is 0 Å². The Morgan fingerprint density at radius 2 is 1.32 bits per heavy atom. The van der Waals surface area contributed by atoms with Crippen molar-refractivity contribution in [2.24, 2.45) is 0 Å². The first kappa shape index (κ1) is 36.2. The smallest absolute Gasteiger partial charge is 0.748 e. The first-order valence-corrected chi connectivity index (χ1v) is 17.5. The summed E-state index contributed by atoms with van der Waals surface area (Å²) in [5.41, 5.74) is 5.78. The average Bonchev–Trinajstić information content (AvgIpc) is 3.26. The van der Waals surface area contributed by atoms with Crippen molar-refractivity contribution >= 4 is 37.3 Å². The molecule has 2 heterocycles. The third kappa shape index (κ3) is 8.48. The van der Waals surface area contributed by atoms with Crippen molar-refractivity contribution in [1.29, 1.82) is 0 Å². The average molecular weight is 647 g/mol. The molecule has 2 aromatic rings. The summed E-state index contributed by atoms with van der Waals surface area (Å²) in [4.78, 5) is 2.09. The van der Waals surface area contributed by atoms with Gasteiger partial charge in [-0.25, -0.2) is 16.8 Å². The number of allylic oxidation sites excluding steroid dienone is 8. The van der Waals surface area contributed by atoms with Crippen LogP contribution in [0.2, 0.25) is 0 Å². The van der Waals surface area contributed by atoms with Crippen molar-refractivity contribution in [2.45, 2.75) is 51.4 Å². The summed E-state index contributed by atoms with van der Waals surface area (Å²) in [6.07, 6.45) is 14.2. The Morgan fingerprint density at radius 1 is 0.750 bits per heavy atom. The molecule has 4 rings (SSSR count). The molecule has 2 aromatic carbocycles. The van der Waals surface area contributed by atoms with Crippen molar-refractivity contribution in [3.05, 3.63) is 108 Å². The predicted octanol–water partition coefficient (Wildman–Crippen LogP) is 2.29. The second-order valence-corrected chi connectivity index (χ2v) is 14.9. The minimum atomic E-state index is -4.28. The number of hydrogen-bond donors (Lipinski definition) is 0. The molecule has 0 unspecified atom stereocenters. The molecule has 0 fully saturated rings. The summed E-state index contributed by atoms with van der Waals surface area (Å²) < 4.78 is 69.2. The molecule has 0 aromatic heterocycles. The van der Waals surface area contributed by atoms with E-state index in [1.54, 1.807) is 0 Å². The van der Waals surface area contributed by atoms with Gasteiger partial charge < -0.3 is 14.0 Å². The van der Waals surface area contributed by atoms with Gasteiger partial charge in [0.15, 0.2) is 5.71 Å². The Labute approximate surface area is 284 Å². The topological polar surface area (TPSA) is 121 Å². The second-order valence-electron chi connectivity index (χ2n) is 11.9. The molecule has 0 N–H and O–H groups in total. The van der Waals surface area contributed by atoms with Crippen LogP contribution < -0.4 is 34.5 Å². The van der Waals surface area contributed by atoms with Crippen molar-refractivity contribution < 1.29 is 60.1 Å². The Kier molecular flexibility index (Phi) is 11.8. The van der Waals surface area contributed by atoms with Crippen molar-refractivity contribution in [3.63, 3.8) is 0 Å². The first-order valence-electron chi connectivity index (χ1n) is 14.3. The molecular formula is C33H39N2NaO6S2. The fourth-order valence-electron chi connectivity index (χ4n) is 6.05. The van der Waals surface area contributed by atoms with E-state index < -0.39 is 31.7 Å². The van der Waals surface area contributed by atoms with E-state index in [0.717, 1.165) is 33.9 Å². The molecule has 0 radical (unpaired) electrons. The molecule has 2 aliphatic heterocycles. The van der Waals surface area contributed by atoms with Gasteiger partial charge in [-0.15, -0.1) is 0 Å². The van der Waals surface area contributed by atoms with E-state index in [1.165, 1.54) is 0 Å². The van der Waals surface area contributed by atoms with Crippen LogP contribution in [-0.2, 0) is 31.1 Å². The maximum atomic E-state index is 11.2. The van der Waals surface area contributed by atoms with Crippen LogP contribution in [-0.4, -0.2) is 60.8 Å². The van der Waals surface area contributed by atoms with E-state index >= 15 is 0 Å². The van der Waals surface area contributed by atoms with E-state index in [9.17, 15) is 25.9 Å². The van der Waals surface area contributed by atoms with Gasteiger partial charge >= 0.3 is 29.6 Å². The molecule has 0 saturated heterocycles. The third-order valence-corrected chi connectivity index (χ3v) is 9.68. The van der Waals surface area contributed by atoms with Crippen LogP contribution in [0, 0.1) is 0 Å². The van der Waals surface area contributed by atoms with Gasteiger partial charge in [0.1, 0.15) is 6.54 Å². The van der Waals surface area contributed by atoms with E-state index in [0.29, 0.717) is 13.1 Å². The predicted molar refractivity (Wildman–Crippen MR) is 170 cm³/mol. The molecular weight excluding hydrogens is 607 g/mol. The molecule has 230 valence electrons. The van der Waals surface area contributed by atoms with E-state index in [2.05, 4.69) is 49.3 Å². The van der Waals surface area contributed by atoms with Crippen molar-refractivity contribution in [1.82, 2.24) is 0 Å². The number of para-hydroxylation sites is 2. The van der Waals surface area contributed by atoms with Crippen molar-refractivity contribution in [2.75, 3.05) is 29.5 Å². The molecule has 0 atom stereocenters. The molecule has 2 aliphatic rings. The number of nitrogens with zero attached hydrogens (tertiary/aromatic N) is 2. The summed E-state index contributed by atoms with van der Waals surface area (Å²) >= 11 is 0. The maximum absolute atomic E-state index is 11.2. The summed E-state index contributed by atoms with van der Waals surface area (Å²) in [7, 11) is -8.56. The standard InChI is InChI=1S/C33H40N2O6S2.Na/c1-32(2)26-16-10-12-18-28(26)34(22-14-24-42(36,37)38)30(32)20-8-6-5-7-9-21-31-33(3,4)27-17-11-13-19-29(27)35(31)23-15-25-43(39,40)41;/h5-13,16-21H,14-15,22-25H2,1-4H3,(H-,36,37,38,39,40,41);/q;+1/p-1. The summed E-state index contributed by atoms with van der Waals surface area (Å²) in [6, 6.07) is 16.1. The van der Waals surface area contributed by atoms with Gasteiger partial charge in [0, 0.05) is 59.0 Å². The number of benzene rings is 2. The molecule has 0 bridgehead atoms. The normalized spacial score (nSPS) is 18.5. The van der Waals surface area contributed by atoms with Crippen LogP contribution in [0.4, 0.5) is 11.4 Å². The quantitative estimate of drug-likeness (QED) is 0.150. The van der Waals surface area contributed by atoms with Gasteiger partial charge in [-0.3, -0.25) is 0 Å². The van der Waals surface area contributed by atoms with Crippen molar-refractivity contribution in [3.8, 4) is 0 Å². The van der Waals surface area contributed by atoms with E-state index in [-0.39, 0.29) is 53.2 Å². The van der Waals surface area contributed by atoms with Gasteiger partial charge in [0.05, 0.1) is 25.7 Å². The van der Waals surface area contributed by atoms with Gasteiger partial charge in [0.2, 0.25) is 5.69 Å². The molecule has 11 heteroatoms. The number of fused-ring (bicyclic) bond motifs is 2. The van der Waals surface area contributed by atoms with Crippen LogP contribution in [0.3, 0.4) is 0 Å². The summed E-state index contributed by atoms with van der Waals surface area (Å²) in [6.45, 7) is 9.37. The Morgan fingerprint density at radius 3 is 2.00 bits per heavy atom. The molecule has 44 heavy (non-hydrogen) atoms. The molecule has 8 nitrogen and oxygen atoms in total. The van der Waals surface area contributed by atoms with Gasteiger partial charge in [-0.05, 0) is 38.0 Å². The first-order chi connectivity index (χ1) is 20.1. The fourth-order valence-corrected chi connectivity index (χ4v) is 7.01. The minimum absolute atomic E-state index is 0. The maximum Gasteiger partial charge on any atom is 1.00 e. The largest absolute Gasteiger partial charge is 1.00 e. The van der Waals surface area contributed by atoms with Crippen LogP contribution in [0.1, 0.15) is 51.7 Å². The molecule has 0 aliphatic carbocycles. The van der Waals surface area contributed by atoms with Gasteiger partial charge in [-0.2, -0.15) is 4.58 Å². The van der Waals surface area contributed by atoms with Crippen LogP contribution >= 0.6 is 0 Å². The van der Waals surface area contributed by atoms with Gasteiger partial charge in [-0.1, -0.05) is 80.6 Å². The zero-order valence-electron chi connectivity index (χ0n) is 26.1. The molecule has 0 spiro atoms.